The van der Waals surface area contributed by atoms with E-state index >= 15 is 0 Å². The van der Waals surface area contributed by atoms with Gasteiger partial charge in [0.1, 0.15) is 11.4 Å². The Balaban J connectivity index is 2.70. The van der Waals surface area contributed by atoms with Crippen LogP contribution >= 0.6 is 0 Å². The molecular weight excluding hydrogens is 271 g/mol. The number of halogens is 1. The Hall–Kier alpha value is -1.78. The summed E-state index contributed by atoms with van der Waals surface area (Å²) in [5, 5.41) is 5.79. The van der Waals surface area contributed by atoms with Crippen molar-refractivity contribution in [2.75, 3.05) is 17.2 Å². The minimum atomic E-state index is -0.571. The van der Waals surface area contributed by atoms with Gasteiger partial charge in [0, 0.05) is 6.54 Å². The maximum absolute atomic E-state index is 13.3. The van der Waals surface area contributed by atoms with Crippen LogP contribution in [0.25, 0.3) is 0 Å². The molecule has 1 aromatic carbocycles. The molecular formula is C16H25FN2O2. The smallest absolute Gasteiger partial charge is 0.412 e. The van der Waals surface area contributed by atoms with Crippen LogP contribution in [0.15, 0.2) is 18.2 Å². The van der Waals surface area contributed by atoms with Gasteiger partial charge in [-0.3, -0.25) is 5.32 Å². The van der Waals surface area contributed by atoms with Crippen LogP contribution in [0.1, 0.15) is 47.0 Å². The highest BCUT2D eigenvalue weighted by molar-refractivity contribution is 5.89. The minimum absolute atomic E-state index is 0.345. The first-order chi connectivity index (χ1) is 9.81. The van der Waals surface area contributed by atoms with Crippen LogP contribution in [0.3, 0.4) is 0 Å². The fourth-order valence-corrected chi connectivity index (χ4v) is 1.78. The molecule has 1 amide bonds. The standard InChI is InChI=1S/C16H25FN2O2/c1-5-6-7-10-18-14-11-12(17)8-9-13(14)19-15(20)21-16(2,3)4/h8-9,11,18H,5-7,10H2,1-4H3,(H,19,20). The molecule has 0 aliphatic heterocycles. The van der Waals surface area contributed by atoms with E-state index in [2.05, 4.69) is 17.6 Å². The first-order valence-corrected chi connectivity index (χ1v) is 7.35. The van der Waals surface area contributed by atoms with Crippen molar-refractivity contribution in [1.29, 1.82) is 0 Å². The third-order valence-electron chi connectivity index (χ3n) is 2.71. The molecule has 0 aliphatic carbocycles. The second-order valence-electron chi connectivity index (χ2n) is 5.95. The summed E-state index contributed by atoms with van der Waals surface area (Å²) in [7, 11) is 0. The fraction of sp³-hybridized carbons (Fsp3) is 0.562. The number of amides is 1. The summed E-state index contributed by atoms with van der Waals surface area (Å²) >= 11 is 0. The van der Waals surface area contributed by atoms with E-state index in [1.165, 1.54) is 18.2 Å². The Morgan fingerprint density at radius 2 is 1.95 bits per heavy atom. The van der Waals surface area contributed by atoms with Gasteiger partial charge in [-0.05, 0) is 45.4 Å². The maximum atomic E-state index is 13.3. The average molecular weight is 296 g/mol. The van der Waals surface area contributed by atoms with Crippen LogP contribution in [0.5, 0.6) is 0 Å². The summed E-state index contributed by atoms with van der Waals surface area (Å²) in [4.78, 5) is 11.8. The highest BCUT2D eigenvalue weighted by Gasteiger charge is 2.17. The molecule has 118 valence electrons. The van der Waals surface area contributed by atoms with E-state index in [-0.39, 0.29) is 5.82 Å². The summed E-state index contributed by atoms with van der Waals surface area (Å²) < 4.78 is 18.5. The Morgan fingerprint density at radius 1 is 1.24 bits per heavy atom. The molecule has 0 heterocycles. The van der Waals surface area contributed by atoms with Gasteiger partial charge in [-0.2, -0.15) is 0 Å². The predicted molar refractivity (Wildman–Crippen MR) is 84.3 cm³/mol. The summed E-state index contributed by atoms with van der Waals surface area (Å²) in [5.74, 6) is -0.345. The van der Waals surface area contributed by atoms with Gasteiger partial charge in [0.2, 0.25) is 0 Å². The van der Waals surface area contributed by atoms with E-state index < -0.39 is 11.7 Å². The largest absolute Gasteiger partial charge is 0.444 e. The number of carbonyl (C=O) groups is 1. The molecule has 0 radical (unpaired) electrons. The topological polar surface area (TPSA) is 50.4 Å². The third-order valence-corrected chi connectivity index (χ3v) is 2.71. The molecule has 1 aromatic rings. The number of hydrogen-bond acceptors (Lipinski definition) is 3. The number of benzene rings is 1. The van der Waals surface area contributed by atoms with E-state index in [9.17, 15) is 9.18 Å². The summed E-state index contributed by atoms with van der Waals surface area (Å²) in [6.07, 6.45) is 2.68. The Labute approximate surface area is 126 Å². The molecule has 0 aliphatic rings. The molecule has 4 nitrogen and oxygen atoms in total. The lowest BCUT2D eigenvalue weighted by atomic mass is 10.2. The van der Waals surface area contributed by atoms with Crippen molar-refractivity contribution in [3.63, 3.8) is 0 Å². The molecule has 21 heavy (non-hydrogen) atoms. The Morgan fingerprint density at radius 3 is 2.57 bits per heavy atom. The molecule has 0 unspecified atom stereocenters. The molecule has 0 bridgehead atoms. The van der Waals surface area contributed by atoms with Crippen LogP contribution < -0.4 is 10.6 Å². The van der Waals surface area contributed by atoms with Crippen molar-refractivity contribution in [3.8, 4) is 0 Å². The lowest BCUT2D eigenvalue weighted by Crippen LogP contribution is -2.27. The minimum Gasteiger partial charge on any atom is -0.444 e. The highest BCUT2D eigenvalue weighted by Crippen LogP contribution is 2.23. The SMILES string of the molecule is CCCCCNc1cc(F)ccc1NC(=O)OC(C)(C)C. The molecule has 0 aromatic heterocycles. The number of nitrogens with one attached hydrogen (secondary N) is 2. The summed E-state index contributed by atoms with van der Waals surface area (Å²) in [5.41, 5.74) is 0.512. The van der Waals surface area contributed by atoms with Crippen molar-refractivity contribution in [2.24, 2.45) is 0 Å². The van der Waals surface area contributed by atoms with Crippen LogP contribution in [0, 0.1) is 5.82 Å². The second-order valence-corrected chi connectivity index (χ2v) is 5.95. The van der Waals surface area contributed by atoms with E-state index in [0.29, 0.717) is 11.4 Å². The number of rotatable bonds is 6. The summed E-state index contributed by atoms with van der Waals surface area (Å²) in [6.45, 7) is 8.24. The van der Waals surface area contributed by atoms with Crippen molar-refractivity contribution < 1.29 is 13.9 Å². The Kier molecular flexibility index (Phi) is 6.46. The van der Waals surface area contributed by atoms with Crippen molar-refractivity contribution >= 4 is 17.5 Å². The monoisotopic (exact) mass is 296 g/mol. The van der Waals surface area contributed by atoms with Gasteiger partial charge in [0.05, 0.1) is 11.4 Å². The lowest BCUT2D eigenvalue weighted by Gasteiger charge is -2.20. The van der Waals surface area contributed by atoms with Crippen molar-refractivity contribution in [3.05, 3.63) is 24.0 Å². The zero-order chi connectivity index (χ0) is 15.9. The van der Waals surface area contributed by atoms with Crippen LogP contribution in [-0.4, -0.2) is 18.2 Å². The Bertz CT molecular complexity index is 470. The van der Waals surface area contributed by atoms with Crippen LogP contribution in [0.2, 0.25) is 0 Å². The molecule has 2 N–H and O–H groups in total. The second kappa shape index (κ2) is 7.86. The number of ether oxygens (including phenoxy) is 1. The van der Waals surface area contributed by atoms with Crippen molar-refractivity contribution in [1.82, 2.24) is 0 Å². The van der Waals surface area contributed by atoms with Crippen molar-refractivity contribution in [2.45, 2.75) is 52.6 Å². The normalized spacial score (nSPS) is 11.1. The highest BCUT2D eigenvalue weighted by atomic mass is 19.1. The van der Waals surface area contributed by atoms with Gasteiger partial charge in [-0.15, -0.1) is 0 Å². The predicted octanol–water partition coefficient (Wildman–Crippen LogP) is 4.77. The number of carbonyl (C=O) groups excluding carboxylic acids is 1. The molecule has 5 heteroatoms. The number of anilines is 2. The zero-order valence-electron chi connectivity index (χ0n) is 13.3. The van der Waals surface area contributed by atoms with Gasteiger partial charge < -0.3 is 10.1 Å². The quantitative estimate of drug-likeness (QED) is 0.743. The average Bonchev–Trinajstić information content (AvgIpc) is 2.35. The third kappa shape index (κ3) is 6.97. The lowest BCUT2D eigenvalue weighted by molar-refractivity contribution is 0.0636. The van der Waals surface area contributed by atoms with E-state index in [1.54, 1.807) is 20.8 Å². The van der Waals surface area contributed by atoms with Gasteiger partial charge >= 0.3 is 6.09 Å². The number of unbranched alkanes of at least 4 members (excludes halogenated alkanes) is 2. The molecule has 0 fully saturated rings. The van der Waals surface area contributed by atoms with E-state index in [1.807, 2.05) is 0 Å². The van der Waals surface area contributed by atoms with Gasteiger partial charge in [0.15, 0.2) is 0 Å². The van der Waals surface area contributed by atoms with Gasteiger partial charge in [-0.1, -0.05) is 19.8 Å². The molecule has 1 rings (SSSR count). The molecule has 0 spiro atoms. The van der Waals surface area contributed by atoms with E-state index in [0.717, 1.165) is 25.8 Å². The van der Waals surface area contributed by atoms with E-state index in [4.69, 9.17) is 4.74 Å². The summed E-state index contributed by atoms with van der Waals surface area (Å²) in [6, 6.07) is 4.21. The molecule has 0 atom stereocenters. The van der Waals surface area contributed by atoms with Gasteiger partial charge in [0.25, 0.3) is 0 Å². The zero-order valence-corrected chi connectivity index (χ0v) is 13.3. The maximum Gasteiger partial charge on any atom is 0.412 e. The number of hydrogen-bond donors (Lipinski definition) is 2. The van der Waals surface area contributed by atoms with Gasteiger partial charge in [-0.25, -0.2) is 9.18 Å². The van der Waals surface area contributed by atoms with Crippen LogP contribution in [-0.2, 0) is 4.74 Å². The first-order valence-electron chi connectivity index (χ1n) is 7.35. The first kappa shape index (κ1) is 17.3. The van der Waals surface area contributed by atoms with Crippen LogP contribution in [0.4, 0.5) is 20.6 Å². The fourth-order valence-electron chi connectivity index (χ4n) is 1.78. The molecule has 0 saturated carbocycles. The molecule has 0 saturated heterocycles.